The van der Waals surface area contributed by atoms with E-state index in [4.69, 9.17) is 14.4 Å². The molecule has 0 N–H and O–H groups in total. The Morgan fingerprint density at radius 2 is 0.475 bits per heavy atom. The highest BCUT2D eigenvalue weighted by Crippen LogP contribution is 2.38. The lowest BCUT2D eigenvalue weighted by Gasteiger charge is -2.11. The second kappa shape index (κ2) is 15.6. The fraction of sp³-hybridized carbons (Fsp3) is 0. The number of furan rings is 1. The van der Waals surface area contributed by atoms with Crippen LogP contribution < -0.4 is 0 Å². The van der Waals surface area contributed by atoms with Crippen molar-refractivity contribution in [1.82, 2.24) is 9.97 Å². The molecule has 11 aromatic rings. The molecule has 3 heteroatoms. The van der Waals surface area contributed by atoms with Crippen LogP contribution in [0.15, 0.2) is 235 Å². The number of hydrogen-bond acceptors (Lipinski definition) is 3. The number of fused-ring (bicyclic) bond motifs is 3. The number of benzene rings is 8. The highest BCUT2D eigenvalue weighted by Gasteiger charge is 2.14. The van der Waals surface area contributed by atoms with E-state index in [-0.39, 0.29) is 0 Å². The summed E-state index contributed by atoms with van der Waals surface area (Å²) in [5, 5.41) is 2.20. The van der Waals surface area contributed by atoms with Crippen LogP contribution in [0.4, 0.5) is 0 Å². The highest BCUT2D eigenvalue weighted by atomic mass is 16.3. The van der Waals surface area contributed by atoms with Crippen molar-refractivity contribution in [1.29, 1.82) is 0 Å². The number of pyridine rings is 2. The Labute approximate surface area is 354 Å². The fourth-order valence-electron chi connectivity index (χ4n) is 8.27. The number of nitrogens with zero attached hydrogens (tertiary/aromatic N) is 2. The van der Waals surface area contributed by atoms with Crippen molar-refractivity contribution in [2.75, 3.05) is 0 Å². The molecule has 0 fully saturated rings. The quantitative estimate of drug-likeness (QED) is 0.154. The molecule has 0 aliphatic carbocycles. The zero-order valence-corrected chi connectivity index (χ0v) is 33.2. The molecule has 0 amide bonds. The van der Waals surface area contributed by atoms with E-state index in [1.807, 2.05) is 24.3 Å². The molecule has 0 spiro atoms. The third-order valence-electron chi connectivity index (χ3n) is 11.5. The summed E-state index contributed by atoms with van der Waals surface area (Å²) in [6.45, 7) is 0. The van der Waals surface area contributed by atoms with Crippen molar-refractivity contribution in [2.45, 2.75) is 0 Å². The van der Waals surface area contributed by atoms with E-state index in [1.54, 1.807) is 0 Å². The Morgan fingerprint density at radius 1 is 0.213 bits per heavy atom. The van der Waals surface area contributed by atoms with Crippen LogP contribution in [0.3, 0.4) is 0 Å². The fourth-order valence-corrected chi connectivity index (χ4v) is 8.27. The molecule has 0 aliphatic rings. The molecule has 3 aromatic heterocycles. The average Bonchev–Trinajstić information content (AvgIpc) is 3.72. The molecule has 61 heavy (non-hydrogen) atoms. The highest BCUT2D eigenvalue weighted by molar-refractivity contribution is 6.07. The van der Waals surface area contributed by atoms with Crippen molar-refractivity contribution < 1.29 is 4.42 Å². The Hall–Kier alpha value is -8.14. The molecule has 0 saturated heterocycles. The molecule has 3 heterocycles. The second-order valence-electron chi connectivity index (χ2n) is 15.4. The van der Waals surface area contributed by atoms with Gasteiger partial charge in [0.25, 0.3) is 0 Å². The maximum absolute atomic E-state index is 6.37. The Morgan fingerprint density at radius 3 is 0.770 bits per heavy atom. The van der Waals surface area contributed by atoms with Gasteiger partial charge in [-0.1, -0.05) is 182 Å². The van der Waals surface area contributed by atoms with Gasteiger partial charge in [-0.25, -0.2) is 9.97 Å². The lowest BCUT2D eigenvalue weighted by atomic mass is 9.96. The van der Waals surface area contributed by atoms with Crippen LogP contribution in [0.25, 0.3) is 111 Å². The largest absolute Gasteiger partial charge is 0.456 e. The van der Waals surface area contributed by atoms with E-state index < -0.39 is 0 Å². The predicted molar refractivity (Wildman–Crippen MR) is 253 cm³/mol. The standard InChI is InChI=1S/C58H38N2O/c1-5-13-43(14-6-1)53-35-49(36-54(59-53)44-15-7-2-8-16-44)41-25-21-39(22-26-41)47-29-31-57-51(33-47)52-34-48(30-32-58(52)61-57)40-23-27-42(28-24-40)50-37-55(45-17-9-3-10-18-45)60-56(38-50)46-19-11-4-12-20-46/h1-38H. The molecule has 0 saturated carbocycles. The molecule has 0 unspecified atom stereocenters. The van der Waals surface area contributed by atoms with Gasteiger partial charge in [-0.05, 0) is 93.0 Å². The maximum Gasteiger partial charge on any atom is 0.135 e. The van der Waals surface area contributed by atoms with Crippen LogP contribution in [0.1, 0.15) is 0 Å². The summed E-state index contributed by atoms with van der Waals surface area (Å²) in [5.41, 5.74) is 19.1. The van der Waals surface area contributed by atoms with Crippen molar-refractivity contribution >= 4 is 21.9 Å². The van der Waals surface area contributed by atoms with E-state index in [0.717, 1.165) is 111 Å². The van der Waals surface area contributed by atoms with Gasteiger partial charge in [0, 0.05) is 33.0 Å². The van der Waals surface area contributed by atoms with E-state index in [0.29, 0.717) is 0 Å². The predicted octanol–water partition coefficient (Wildman–Crippen LogP) is 15.7. The smallest absolute Gasteiger partial charge is 0.135 e. The first kappa shape index (κ1) is 36.0. The Kier molecular flexibility index (Phi) is 9.18. The van der Waals surface area contributed by atoms with E-state index in [9.17, 15) is 0 Å². The van der Waals surface area contributed by atoms with E-state index in [2.05, 4.69) is 206 Å². The molecule has 0 radical (unpaired) electrons. The molecule has 3 nitrogen and oxygen atoms in total. The zero-order chi connectivity index (χ0) is 40.5. The normalized spacial score (nSPS) is 11.3. The molecule has 8 aromatic carbocycles. The van der Waals surface area contributed by atoms with Gasteiger partial charge in [-0.3, -0.25) is 0 Å². The molecule has 0 bridgehead atoms. The molecule has 286 valence electrons. The SMILES string of the molecule is c1ccc(-c2cc(-c3ccc(-c4ccc5oc6ccc(-c7ccc(-c8cc(-c9ccccc9)nc(-c9ccccc9)c8)cc7)cc6c5c4)cc3)cc(-c3ccccc3)n2)cc1. The van der Waals surface area contributed by atoms with Gasteiger partial charge in [0.1, 0.15) is 11.2 Å². The average molecular weight is 779 g/mol. The van der Waals surface area contributed by atoms with Gasteiger partial charge in [0.05, 0.1) is 22.8 Å². The lowest BCUT2D eigenvalue weighted by Crippen LogP contribution is -1.91. The van der Waals surface area contributed by atoms with Gasteiger partial charge < -0.3 is 4.42 Å². The summed E-state index contributed by atoms with van der Waals surface area (Å²) < 4.78 is 6.37. The van der Waals surface area contributed by atoms with Crippen LogP contribution in [-0.2, 0) is 0 Å². The Bertz CT molecular complexity index is 2960. The minimum Gasteiger partial charge on any atom is -0.456 e. The van der Waals surface area contributed by atoms with Gasteiger partial charge in [-0.2, -0.15) is 0 Å². The molecule has 0 aliphatic heterocycles. The van der Waals surface area contributed by atoms with Gasteiger partial charge in [0.2, 0.25) is 0 Å². The monoisotopic (exact) mass is 778 g/mol. The summed E-state index contributed by atoms with van der Waals surface area (Å²) in [6.07, 6.45) is 0. The summed E-state index contributed by atoms with van der Waals surface area (Å²) in [7, 11) is 0. The summed E-state index contributed by atoms with van der Waals surface area (Å²) in [5.74, 6) is 0. The molecule has 0 atom stereocenters. The topological polar surface area (TPSA) is 38.9 Å². The minimum atomic E-state index is 0.877. The van der Waals surface area contributed by atoms with Crippen molar-refractivity contribution in [2.24, 2.45) is 0 Å². The minimum absolute atomic E-state index is 0.877. The van der Waals surface area contributed by atoms with Crippen molar-refractivity contribution in [3.8, 4) is 89.5 Å². The molecule has 11 rings (SSSR count). The third kappa shape index (κ3) is 7.20. The third-order valence-corrected chi connectivity index (χ3v) is 11.5. The number of aromatic nitrogens is 2. The van der Waals surface area contributed by atoms with Gasteiger partial charge >= 0.3 is 0 Å². The van der Waals surface area contributed by atoms with Crippen LogP contribution in [-0.4, -0.2) is 9.97 Å². The summed E-state index contributed by atoms with van der Waals surface area (Å²) in [6, 6.07) is 81.0. The summed E-state index contributed by atoms with van der Waals surface area (Å²) in [4.78, 5) is 10.1. The first-order chi connectivity index (χ1) is 30.2. The van der Waals surface area contributed by atoms with Crippen molar-refractivity contribution in [3.05, 3.63) is 231 Å². The van der Waals surface area contributed by atoms with Crippen molar-refractivity contribution in [3.63, 3.8) is 0 Å². The maximum atomic E-state index is 6.37. The number of rotatable bonds is 8. The first-order valence-corrected chi connectivity index (χ1v) is 20.6. The summed E-state index contributed by atoms with van der Waals surface area (Å²) >= 11 is 0. The van der Waals surface area contributed by atoms with Crippen LogP contribution >= 0.6 is 0 Å². The second-order valence-corrected chi connectivity index (χ2v) is 15.4. The van der Waals surface area contributed by atoms with Gasteiger partial charge in [0.15, 0.2) is 0 Å². The van der Waals surface area contributed by atoms with Crippen LogP contribution in [0, 0.1) is 0 Å². The first-order valence-electron chi connectivity index (χ1n) is 20.6. The van der Waals surface area contributed by atoms with E-state index >= 15 is 0 Å². The van der Waals surface area contributed by atoms with Crippen LogP contribution in [0.2, 0.25) is 0 Å². The van der Waals surface area contributed by atoms with Gasteiger partial charge in [-0.15, -0.1) is 0 Å². The van der Waals surface area contributed by atoms with E-state index in [1.165, 1.54) is 0 Å². The molecular formula is C58H38N2O. The number of hydrogen-bond donors (Lipinski definition) is 0. The lowest BCUT2D eigenvalue weighted by molar-refractivity contribution is 0.669. The Balaban J connectivity index is 0.904. The molecular weight excluding hydrogens is 741 g/mol. The zero-order valence-electron chi connectivity index (χ0n) is 33.2. The van der Waals surface area contributed by atoms with Crippen LogP contribution in [0.5, 0.6) is 0 Å².